The van der Waals surface area contributed by atoms with Gasteiger partial charge in [0.05, 0.1) is 17.6 Å². The number of amides is 1. The van der Waals surface area contributed by atoms with E-state index >= 15 is 0 Å². The molecule has 0 aliphatic carbocycles. The minimum absolute atomic E-state index is 0.101. The fourth-order valence-electron chi connectivity index (χ4n) is 2.60. The number of ether oxygens (including phenoxy) is 1. The highest BCUT2D eigenvalue weighted by Crippen LogP contribution is 2.20. The average Bonchev–Trinajstić information content (AvgIpc) is 2.98. The van der Waals surface area contributed by atoms with Gasteiger partial charge in [0.25, 0.3) is 0 Å². The SMILES string of the molecule is CC(CO)NC(=O)Cn1c(COc2ccc(Cl)cc2)nc2ccccc21. The van der Waals surface area contributed by atoms with Crippen LogP contribution in [0.3, 0.4) is 0 Å². The van der Waals surface area contributed by atoms with Gasteiger partial charge >= 0.3 is 0 Å². The minimum atomic E-state index is -0.300. The molecular weight excluding hydrogens is 354 g/mol. The molecule has 1 heterocycles. The molecule has 2 aromatic carbocycles. The number of para-hydroxylation sites is 2. The maximum absolute atomic E-state index is 12.3. The summed E-state index contributed by atoms with van der Waals surface area (Å²) in [5.41, 5.74) is 1.65. The predicted octanol–water partition coefficient (Wildman–Crippen LogP) is 2.77. The first-order valence-corrected chi connectivity index (χ1v) is 8.67. The van der Waals surface area contributed by atoms with Crippen LogP contribution in [0.1, 0.15) is 12.7 Å². The molecule has 0 saturated heterocycles. The third kappa shape index (κ3) is 4.33. The van der Waals surface area contributed by atoms with Gasteiger partial charge in [-0.15, -0.1) is 0 Å². The lowest BCUT2D eigenvalue weighted by atomic mass is 10.3. The van der Waals surface area contributed by atoms with Crippen LogP contribution in [0.4, 0.5) is 0 Å². The zero-order valence-electron chi connectivity index (χ0n) is 14.4. The molecule has 2 N–H and O–H groups in total. The second-order valence-electron chi connectivity index (χ2n) is 6.00. The number of aliphatic hydroxyl groups excluding tert-OH is 1. The molecule has 1 aromatic heterocycles. The molecule has 0 fully saturated rings. The summed E-state index contributed by atoms with van der Waals surface area (Å²) in [6, 6.07) is 14.4. The van der Waals surface area contributed by atoms with E-state index in [0.717, 1.165) is 11.0 Å². The van der Waals surface area contributed by atoms with Crippen molar-refractivity contribution in [3.63, 3.8) is 0 Å². The molecule has 1 atom stereocenters. The summed E-state index contributed by atoms with van der Waals surface area (Å²) >= 11 is 5.88. The van der Waals surface area contributed by atoms with E-state index < -0.39 is 0 Å². The molecule has 0 aliphatic rings. The minimum Gasteiger partial charge on any atom is -0.486 e. The standard InChI is InChI=1S/C19H20ClN3O3/c1-13(11-24)21-19(25)10-23-17-5-3-2-4-16(17)22-18(23)12-26-15-8-6-14(20)7-9-15/h2-9,13,24H,10-12H2,1H3,(H,21,25). The summed E-state index contributed by atoms with van der Waals surface area (Å²) in [4.78, 5) is 16.8. The van der Waals surface area contributed by atoms with Crippen LogP contribution in [0.25, 0.3) is 11.0 Å². The number of rotatable bonds is 7. The Morgan fingerprint density at radius 2 is 2.00 bits per heavy atom. The summed E-state index contributed by atoms with van der Waals surface area (Å²) in [6.45, 7) is 1.96. The summed E-state index contributed by atoms with van der Waals surface area (Å²) < 4.78 is 7.61. The molecule has 3 rings (SSSR count). The van der Waals surface area contributed by atoms with Gasteiger partial charge in [0.2, 0.25) is 5.91 Å². The van der Waals surface area contributed by atoms with Gasteiger partial charge in [0, 0.05) is 11.1 Å². The molecule has 26 heavy (non-hydrogen) atoms. The summed E-state index contributed by atoms with van der Waals surface area (Å²) in [5, 5.41) is 12.5. The van der Waals surface area contributed by atoms with Crippen LogP contribution in [0.5, 0.6) is 5.75 Å². The molecule has 0 saturated carbocycles. The van der Waals surface area contributed by atoms with Crippen molar-refractivity contribution in [3.8, 4) is 5.75 Å². The fourth-order valence-corrected chi connectivity index (χ4v) is 2.73. The van der Waals surface area contributed by atoms with Crippen molar-refractivity contribution in [2.24, 2.45) is 0 Å². The largest absolute Gasteiger partial charge is 0.486 e. The first-order chi connectivity index (χ1) is 12.6. The normalized spacial score (nSPS) is 12.1. The highest BCUT2D eigenvalue weighted by molar-refractivity contribution is 6.30. The Bertz CT molecular complexity index is 893. The number of hydrogen-bond donors (Lipinski definition) is 2. The van der Waals surface area contributed by atoms with E-state index in [9.17, 15) is 4.79 Å². The van der Waals surface area contributed by atoms with Gasteiger partial charge in [-0.25, -0.2) is 4.98 Å². The van der Waals surface area contributed by atoms with Gasteiger partial charge in [-0.05, 0) is 43.3 Å². The summed E-state index contributed by atoms with van der Waals surface area (Å²) in [5.74, 6) is 1.13. The van der Waals surface area contributed by atoms with Crippen LogP contribution < -0.4 is 10.1 Å². The van der Waals surface area contributed by atoms with Gasteiger partial charge in [-0.1, -0.05) is 23.7 Å². The Morgan fingerprint density at radius 3 is 2.73 bits per heavy atom. The van der Waals surface area contributed by atoms with Gasteiger partial charge in [0.1, 0.15) is 24.7 Å². The van der Waals surface area contributed by atoms with Gasteiger partial charge in [-0.3, -0.25) is 4.79 Å². The van der Waals surface area contributed by atoms with Gasteiger partial charge < -0.3 is 19.7 Å². The lowest BCUT2D eigenvalue weighted by Gasteiger charge is -2.13. The average molecular weight is 374 g/mol. The topological polar surface area (TPSA) is 76.4 Å². The van der Waals surface area contributed by atoms with E-state index in [4.69, 9.17) is 21.4 Å². The van der Waals surface area contributed by atoms with Crippen molar-refractivity contribution in [2.75, 3.05) is 6.61 Å². The number of nitrogens with one attached hydrogen (secondary N) is 1. The number of aliphatic hydroxyl groups is 1. The zero-order valence-corrected chi connectivity index (χ0v) is 15.1. The van der Waals surface area contributed by atoms with Crippen LogP contribution in [-0.2, 0) is 17.9 Å². The number of aromatic nitrogens is 2. The smallest absolute Gasteiger partial charge is 0.240 e. The molecule has 0 bridgehead atoms. The highest BCUT2D eigenvalue weighted by Gasteiger charge is 2.15. The number of hydrogen-bond acceptors (Lipinski definition) is 4. The second-order valence-corrected chi connectivity index (χ2v) is 6.43. The number of benzene rings is 2. The molecular formula is C19H20ClN3O3. The van der Waals surface area contributed by atoms with E-state index in [1.54, 1.807) is 31.2 Å². The van der Waals surface area contributed by atoms with Crippen molar-refractivity contribution in [3.05, 3.63) is 59.4 Å². The monoisotopic (exact) mass is 373 g/mol. The van der Waals surface area contributed by atoms with E-state index in [-0.39, 0.29) is 31.7 Å². The molecule has 7 heteroatoms. The van der Waals surface area contributed by atoms with Crippen molar-refractivity contribution in [2.45, 2.75) is 26.1 Å². The lowest BCUT2D eigenvalue weighted by Crippen LogP contribution is -2.37. The molecule has 1 unspecified atom stereocenters. The van der Waals surface area contributed by atoms with Crippen molar-refractivity contribution < 1.29 is 14.6 Å². The first kappa shape index (κ1) is 18.2. The van der Waals surface area contributed by atoms with Crippen LogP contribution in [0.2, 0.25) is 5.02 Å². The third-order valence-electron chi connectivity index (χ3n) is 3.90. The van der Waals surface area contributed by atoms with Gasteiger partial charge in [0.15, 0.2) is 0 Å². The van der Waals surface area contributed by atoms with Crippen molar-refractivity contribution in [1.82, 2.24) is 14.9 Å². The molecule has 1 amide bonds. The van der Waals surface area contributed by atoms with E-state index in [2.05, 4.69) is 10.3 Å². The molecule has 3 aromatic rings. The van der Waals surface area contributed by atoms with Crippen molar-refractivity contribution >= 4 is 28.5 Å². The molecule has 0 spiro atoms. The van der Waals surface area contributed by atoms with Crippen LogP contribution in [0.15, 0.2) is 48.5 Å². The van der Waals surface area contributed by atoms with E-state index in [1.807, 2.05) is 28.8 Å². The molecule has 6 nitrogen and oxygen atoms in total. The Labute approximate surface area is 156 Å². The molecule has 0 radical (unpaired) electrons. The van der Waals surface area contributed by atoms with Crippen LogP contribution in [-0.4, -0.2) is 33.2 Å². The Hall–Kier alpha value is -2.57. The number of carbonyl (C=O) groups excluding carboxylic acids is 1. The summed E-state index contributed by atoms with van der Waals surface area (Å²) in [7, 11) is 0. The van der Waals surface area contributed by atoms with E-state index in [0.29, 0.717) is 16.6 Å². The number of carbonyl (C=O) groups is 1. The number of halogens is 1. The summed E-state index contributed by atoms with van der Waals surface area (Å²) in [6.07, 6.45) is 0. The number of fused-ring (bicyclic) bond motifs is 1. The molecule has 136 valence electrons. The maximum atomic E-state index is 12.3. The fraction of sp³-hybridized carbons (Fsp3) is 0.263. The highest BCUT2D eigenvalue weighted by atomic mass is 35.5. The third-order valence-corrected chi connectivity index (χ3v) is 4.15. The second kappa shape index (κ2) is 8.21. The number of imidazole rings is 1. The zero-order chi connectivity index (χ0) is 18.5. The maximum Gasteiger partial charge on any atom is 0.240 e. The predicted molar refractivity (Wildman–Crippen MR) is 100 cm³/mol. The van der Waals surface area contributed by atoms with E-state index in [1.165, 1.54) is 0 Å². The quantitative estimate of drug-likeness (QED) is 0.667. The van der Waals surface area contributed by atoms with Crippen molar-refractivity contribution in [1.29, 1.82) is 0 Å². The van der Waals surface area contributed by atoms with Crippen LogP contribution >= 0.6 is 11.6 Å². The molecule has 0 aliphatic heterocycles. The first-order valence-electron chi connectivity index (χ1n) is 8.29. The lowest BCUT2D eigenvalue weighted by molar-refractivity contribution is -0.122. The van der Waals surface area contributed by atoms with Gasteiger partial charge in [-0.2, -0.15) is 0 Å². The number of nitrogens with zero attached hydrogens (tertiary/aromatic N) is 2. The Morgan fingerprint density at radius 1 is 1.27 bits per heavy atom. The Balaban J connectivity index is 1.82. The Kier molecular flexibility index (Phi) is 5.75. The van der Waals surface area contributed by atoms with Crippen LogP contribution in [0, 0.1) is 0 Å².